The number of rotatable bonds is 4. The van der Waals surface area contributed by atoms with E-state index in [-0.39, 0.29) is 5.54 Å². The number of hydrogen-bond donors (Lipinski definition) is 1. The fourth-order valence-corrected chi connectivity index (χ4v) is 2.40. The molecule has 0 radical (unpaired) electrons. The zero-order valence-corrected chi connectivity index (χ0v) is 11.6. The lowest BCUT2D eigenvalue weighted by Crippen LogP contribution is -2.32. The number of aromatic nitrogens is 4. The van der Waals surface area contributed by atoms with E-state index >= 15 is 0 Å². The van der Waals surface area contributed by atoms with Gasteiger partial charge in [-0.2, -0.15) is 9.61 Å². The van der Waals surface area contributed by atoms with Crippen LogP contribution in [0, 0.1) is 0 Å². The topological polar surface area (TPSA) is 69.1 Å². The summed E-state index contributed by atoms with van der Waals surface area (Å²) in [5.74, 6) is 1.26. The number of nitrogens with two attached hydrogens (primary N) is 1. The highest BCUT2D eigenvalue weighted by atomic mass is 32.1. The molecular weight excluding hydrogens is 234 g/mol. The molecule has 0 bridgehead atoms. The summed E-state index contributed by atoms with van der Waals surface area (Å²) in [5.41, 5.74) is 5.83. The molecule has 0 fully saturated rings. The molecular formula is C11H19N5S. The summed E-state index contributed by atoms with van der Waals surface area (Å²) in [5, 5.41) is 13.9. The van der Waals surface area contributed by atoms with Gasteiger partial charge in [0.1, 0.15) is 5.01 Å². The molecule has 17 heavy (non-hydrogen) atoms. The first-order valence-corrected chi connectivity index (χ1v) is 6.68. The molecule has 0 atom stereocenters. The van der Waals surface area contributed by atoms with Crippen molar-refractivity contribution < 1.29 is 0 Å². The van der Waals surface area contributed by atoms with E-state index in [2.05, 4.69) is 29.1 Å². The van der Waals surface area contributed by atoms with Gasteiger partial charge in [-0.15, -0.1) is 10.2 Å². The Morgan fingerprint density at radius 3 is 2.65 bits per heavy atom. The van der Waals surface area contributed by atoms with Crippen LogP contribution in [0.1, 0.15) is 50.9 Å². The lowest BCUT2D eigenvalue weighted by Gasteiger charge is -2.16. The van der Waals surface area contributed by atoms with E-state index in [1.165, 1.54) is 0 Å². The maximum Gasteiger partial charge on any atom is 0.234 e. The third kappa shape index (κ3) is 2.81. The molecule has 0 aliphatic heterocycles. The van der Waals surface area contributed by atoms with Crippen molar-refractivity contribution in [2.75, 3.05) is 0 Å². The van der Waals surface area contributed by atoms with Gasteiger partial charge in [-0.3, -0.25) is 0 Å². The van der Waals surface area contributed by atoms with Gasteiger partial charge in [-0.1, -0.05) is 25.2 Å². The second-order valence-corrected chi connectivity index (χ2v) is 6.43. The fourth-order valence-electron chi connectivity index (χ4n) is 1.56. The van der Waals surface area contributed by atoms with Gasteiger partial charge in [-0.25, -0.2) is 0 Å². The molecule has 2 aromatic rings. The van der Waals surface area contributed by atoms with Gasteiger partial charge in [0.05, 0.1) is 0 Å². The molecule has 0 amide bonds. The molecule has 2 heterocycles. The summed E-state index contributed by atoms with van der Waals surface area (Å²) in [4.78, 5) is 0.874. The van der Waals surface area contributed by atoms with Crippen LogP contribution in [0.25, 0.3) is 4.96 Å². The fraction of sp³-hybridized carbons (Fsp3) is 0.727. The van der Waals surface area contributed by atoms with Crippen LogP contribution in [0.5, 0.6) is 0 Å². The van der Waals surface area contributed by atoms with Gasteiger partial charge in [-0.05, 0) is 20.3 Å². The van der Waals surface area contributed by atoms with Crippen molar-refractivity contribution in [1.82, 2.24) is 19.8 Å². The van der Waals surface area contributed by atoms with Crippen LogP contribution in [-0.2, 0) is 6.42 Å². The van der Waals surface area contributed by atoms with E-state index in [1.54, 1.807) is 11.3 Å². The van der Waals surface area contributed by atoms with E-state index in [1.807, 2.05) is 18.4 Å². The summed E-state index contributed by atoms with van der Waals surface area (Å²) < 4.78 is 1.86. The summed E-state index contributed by atoms with van der Waals surface area (Å²) in [6, 6.07) is 0. The van der Waals surface area contributed by atoms with Crippen LogP contribution in [0.4, 0.5) is 0 Å². The van der Waals surface area contributed by atoms with Crippen LogP contribution in [0.3, 0.4) is 0 Å². The van der Waals surface area contributed by atoms with E-state index in [4.69, 9.17) is 5.73 Å². The average Bonchev–Trinajstić information content (AvgIpc) is 2.70. The van der Waals surface area contributed by atoms with Crippen LogP contribution in [0.2, 0.25) is 0 Å². The average molecular weight is 253 g/mol. The minimum Gasteiger partial charge on any atom is -0.326 e. The molecule has 6 heteroatoms. The van der Waals surface area contributed by atoms with Crippen molar-refractivity contribution in [1.29, 1.82) is 0 Å². The summed E-state index contributed by atoms with van der Waals surface area (Å²) in [6.45, 7) is 8.26. The highest BCUT2D eigenvalue weighted by Gasteiger charge is 2.16. The highest BCUT2D eigenvalue weighted by molar-refractivity contribution is 7.16. The van der Waals surface area contributed by atoms with E-state index in [0.29, 0.717) is 5.92 Å². The third-order valence-corrected chi connectivity index (χ3v) is 3.51. The smallest absolute Gasteiger partial charge is 0.234 e. The molecule has 2 rings (SSSR count). The maximum absolute atomic E-state index is 5.97. The Hall–Kier alpha value is -1.01. The Balaban J connectivity index is 2.21. The summed E-state index contributed by atoms with van der Waals surface area (Å²) in [7, 11) is 0. The molecule has 94 valence electrons. The lowest BCUT2D eigenvalue weighted by molar-refractivity contribution is 0.475. The summed E-state index contributed by atoms with van der Waals surface area (Å²) >= 11 is 1.60. The van der Waals surface area contributed by atoms with Gasteiger partial charge in [0.25, 0.3) is 0 Å². The molecule has 2 aromatic heterocycles. The van der Waals surface area contributed by atoms with Crippen molar-refractivity contribution in [3.8, 4) is 0 Å². The van der Waals surface area contributed by atoms with Gasteiger partial charge in [0, 0.05) is 17.9 Å². The third-order valence-electron chi connectivity index (χ3n) is 2.56. The minimum atomic E-state index is -0.146. The predicted molar refractivity (Wildman–Crippen MR) is 69.3 cm³/mol. The van der Waals surface area contributed by atoms with Crippen molar-refractivity contribution in [3.63, 3.8) is 0 Å². The largest absolute Gasteiger partial charge is 0.326 e. The SMILES string of the molecule is CC(C)c1nnc2sc(CCC(C)(C)N)nn12. The first kappa shape index (κ1) is 12.4. The normalized spacial score (nSPS) is 12.8. The van der Waals surface area contributed by atoms with Gasteiger partial charge >= 0.3 is 0 Å². The van der Waals surface area contributed by atoms with Crippen LogP contribution < -0.4 is 5.73 Å². The van der Waals surface area contributed by atoms with Crippen LogP contribution in [-0.4, -0.2) is 25.4 Å². The second kappa shape index (κ2) is 4.34. The van der Waals surface area contributed by atoms with Crippen LogP contribution >= 0.6 is 11.3 Å². The number of aryl methyl sites for hydroxylation is 1. The zero-order chi connectivity index (χ0) is 12.6. The Kier molecular flexibility index (Phi) is 3.18. The quantitative estimate of drug-likeness (QED) is 0.904. The van der Waals surface area contributed by atoms with Crippen molar-refractivity contribution in [2.24, 2.45) is 5.73 Å². The number of nitrogens with zero attached hydrogens (tertiary/aromatic N) is 4. The van der Waals surface area contributed by atoms with Crippen LogP contribution in [0.15, 0.2) is 0 Å². The standard InChI is InChI=1S/C11H19N5S/c1-7(2)9-13-14-10-16(9)15-8(17-10)5-6-11(3,4)12/h7H,5-6,12H2,1-4H3. The lowest BCUT2D eigenvalue weighted by atomic mass is 10.0. The molecule has 0 saturated carbocycles. The van der Waals surface area contributed by atoms with Gasteiger partial charge in [0.15, 0.2) is 5.82 Å². The number of fused-ring (bicyclic) bond motifs is 1. The Labute approximate surface area is 105 Å². The molecule has 0 spiro atoms. The van der Waals surface area contributed by atoms with Crippen molar-refractivity contribution in [3.05, 3.63) is 10.8 Å². The molecule has 5 nitrogen and oxygen atoms in total. The first-order chi connectivity index (χ1) is 7.87. The zero-order valence-electron chi connectivity index (χ0n) is 10.8. The number of hydrogen-bond acceptors (Lipinski definition) is 5. The van der Waals surface area contributed by atoms with E-state index in [0.717, 1.165) is 28.6 Å². The van der Waals surface area contributed by atoms with Gasteiger partial charge in [0.2, 0.25) is 4.96 Å². The van der Waals surface area contributed by atoms with Gasteiger partial charge < -0.3 is 5.73 Å². The molecule has 0 saturated heterocycles. The minimum absolute atomic E-state index is 0.146. The Morgan fingerprint density at radius 1 is 1.35 bits per heavy atom. The highest BCUT2D eigenvalue weighted by Crippen LogP contribution is 2.20. The Bertz CT molecular complexity index is 505. The molecule has 0 aromatic carbocycles. The predicted octanol–water partition coefficient (Wildman–Crippen LogP) is 1.98. The van der Waals surface area contributed by atoms with E-state index < -0.39 is 0 Å². The maximum atomic E-state index is 5.97. The molecule has 2 N–H and O–H groups in total. The van der Waals surface area contributed by atoms with Crippen molar-refractivity contribution >= 4 is 16.3 Å². The summed E-state index contributed by atoms with van der Waals surface area (Å²) in [6.07, 6.45) is 1.82. The molecule has 0 aliphatic rings. The van der Waals surface area contributed by atoms with E-state index in [9.17, 15) is 0 Å². The first-order valence-electron chi connectivity index (χ1n) is 5.87. The second-order valence-electron chi connectivity index (χ2n) is 5.39. The Morgan fingerprint density at radius 2 is 2.06 bits per heavy atom. The monoisotopic (exact) mass is 253 g/mol. The molecule has 0 unspecified atom stereocenters. The van der Waals surface area contributed by atoms with Crippen molar-refractivity contribution in [2.45, 2.75) is 52.0 Å². The molecule has 0 aliphatic carbocycles.